The highest BCUT2D eigenvalue weighted by molar-refractivity contribution is 7.03. The number of nitrogens with zero attached hydrogens (tertiary/aromatic N) is 4. The van der Waals surface area contributed by atoms with Crippen LogP contribution in [-0.2, 0) is 24.1 Å². The molecule has 1 aromatic carbocycles. The van der Waals surface area contributed by atoms with Crippen LogP contribution in [0.3, 0.4) is 0 Å². The van der Waals surface area contributed by atoms with Gasteiger partial charge in [0.15, 0.2) is 5.15 Å². The molecule has 2 aliphatic rings. The molecule has 0 spiro atoms. The van der Waals surface area contributed by atoms with Crippen LogP contribution in [0.5, 0.6) is 0 Å². The minimum Gasteiger partial charge on any atom is -0.389 e. The van der Waals surface area contributed by atoms with E-state index in [1.54, 1.807) is 0 Å². The molecule has 38 heavy (non-hydrogen) atoms. The fraction of sp³-hybridized carbons (Fsp3) is 0.500. The maximum Gasteiger partial charge on any atom is 0.261 e. The molecule has 0 saturated carbocycles. The van der Waals surface area contributed by atoms with Gasteiger partial charge in [-0.3, -0.25) is 9.48 Å². The van der Waals surface area contributed by atoms with Crippen molar-refractivity contribution in [1.29, 1.82) is 0 Å². The fourth-order valence-corrected chi connectivity index (χ4v) is 6.55. The quantitative estimate of drug-likeness (QED) is 0.398. The molecule has 2 N–H and O–H groups in total. The molecule has 1 fully saturated rings. The summed E-state index contributed by atoms with van der Waals surface area (Å²) in [6, 6.07) is 4.42. The first-order valence-corrected chi connectivity index (χ1v) is 14.2. The summed E-state index contributed by atoms with van der Waals surface area (Å²) in [5.74, 6) is -0.402. The lowest BCUT2D eigenvalue weighted by Gasteiger charge is -2.39. The number of carbonyl (C=O) groups is 1. The summed E-state index contributed by atoms with van der Waals surface area (Å²) >= 11 is 14.1. The Labute approximate surface area is 233 Å². The number of alkyl halides is 2. The van der Waals surface area contributed by atoms with Crippen molar-refractivity contribution in [2.24, 2.45) is 0 Å². The highest BCUT2D eigenvalue weighted by atomic mass is 35.5. The zero-order valence-electron chi connectivity index (χ0n) is 20.8. The predicted molar refractivity (Wildman–Crippen MR) is 144 cm³/mol. The van der Waals surface area contributed by atoms with E-state index in [1.165, 1.54) is 34.3 Å². The number of carbonyl (C=O) groups excluding carboxylic acids is 1. The van der Waals surface area contributed by atoms with E-state index in [0.29, 0.717) is 30.3 Å². The van der Waals surface area contributed by atoms with Crippen LogP contribution in [0.1, 0.15) is 42.0 Å². The molecule has 1 saturated heterocycles. The molecule has 204 valence electrons. The molecular weight excluding hydrogens is 555 g/mol. The minimum atomic E-state index is -2.77. The summed E-state index contributed by atoms with van der Waals surface area (Å²) in [5, 5.41) is 21.4. The Kier molecular flexibility index (Phi) is 8.07. The van der Waals surface area contributed by atoms with E-state index in [0.717, 1.165) is 39.9 Å². The number of fused-ring (bicyclic) bond motifs is 1. The topological polar surface area (TPSA) is 83.3 Å². The van der Waals surface area contributed by atoms with Crippen molar-refractivity contribution in [3.63, 3.8) is 0 Å². The lowest BCUT2D eigenvalue weighted by molar-refractivity contribution is -0.137. The van der Waals surface area contributed by atoms with Crippen LogP contribution in [-0.4, -0.2) is 68.3 Å². The third-order valence-corrected chi connectivity index (χ3v) is 8.96. The Bertz CT molecular complexity index is 1300. The van der Waals surface area contributed by atoms with Crippen molar-refractivity contribution in [3.8, 4) is 11.3 Å². The Morgan fingerprint density at radius 3 is 2.66 bits per heavy atom. The molecule has 0 bridgehead atoms. The van der Waals surface area contributed by atoms with Crippen molar-refractivity contribution < 1.29 is 18.7 Å². The molecule has 5 rings (SSSR count). The number of piperidine rings is 1. The first-order chi connectivity index (χ1) is 18.2. The molecule has 12 heteroatoms. The Balaban J connectivity index is 1.31. The first-order valence-electron chi connectivity index (χ1n) is 12.6. The number of amides is 1. The summed E-state index contributed by atoms with van der Waals surface area (Å²) in [4.78, 5) is 14.5. The number of hydrogen-bond acceptors (Lipinski definition) is 6. The number of rotatable bonds is 8. The second-order valence-electron chi connectivity index (χ2n) is 10.1. The van der Waals surface area contributed by atoms with Crippen molar-refractivity contribution >= 4 is 40.6 Å². The predicted octanol–water partition coefficient (Wildman–Crippen LogP) is 4.79. The summed E-state index contributed by atoms with van der Waals surface area (Å²) in [7, 11) is 1.94. The van der Waals surface area contributed by atoms with Crippen molar-refractivity contribution in [2.45, 2.75) is 62.6 Å². The number of hydrogen-bond donors (Lipinski definition) is 2. The van der Waals surface area contributed by atoms with Gasteiger partial charge in [-0.1, -0.05) is 23.2 Å². The maximum atomic E-state index is 13.7. The third kappa shape index (κ3) is 5.60. The van der Waals surface area contributed by atoms with Crippen molar-refractivity contribution in [1.82, 2.24) is 24.4 Å². The second-order valence-corrected chi connectivity index (χ2v) is 11.6. The largest absolute Gasteiger partial charge is 0.389 e. The summed E-state index contributed by atoms with van der Waals surface area (Å²) < 4.78 is 32.9. The summed E-state index contributed by atoms with van der Waals surface area (Å²) in [5.41, 5.74) is 3.84. The standard InChI is InChI=1S/C26H29Cl2F2N5O2S/c1-31-16-10-15-11-18(20-3-9-38-33-20)19(24(28)17(15)12-16)14-26(37)4-7-34(8-5-26)23(36)13-21(25(29)30)35-6-2-22(27)32-35/h2-3,6,9,11,16,21,25,31,37H,4-5,7-8,10,12-14H2,1H3. The van der Waals surface area contributed by atoms with Gasteiger partial charge in [0, 0.05) is 47.7 Å². The van der Waals surface area contributed by atoms with Crippen molar-refractivity contribution in [2.75, 3.05) is 20.1 Å². The molecule has 2 aromatic heterocycles. The van der Waals surface area contributed by atoms with Gasteiger partial charge in [0.05, 0.1) is 17.7 Å². The van der Waals surface area contributed by atoms with Gasteiger partial charge in [-0.05, 0) is 79.2 Å². The number of likely N-dealkylation sites (N-methyl/N-ethyl adjacent to an activating group) is 1. The monoisotopic (exact) mass is 583 g/mol. The maximum absolute atomic E-state index is 13.7. The molecule has 1 amide bonds. The van der Waals surface area contributed by atoms with E-state index in [-0.39, 0.29) is 18.2 Å². The molecule has 1 aliphatic heterocycles. The van der Waals surface area contributed by atoms with E-state index in [4.69, 9.17) is 23.2 Å². The number of aromatic nitrogens is 3. The third-order valence-electron chi connectivity index (χ3n) is 7.74. The van der Waals surface area contributed by atoms with Gasteiger partial charge in [0.25, 0.3) is 6.43 Å². The van der Waals surface area contributed by atoms with Crippen LogP contribution in [0.15, 0.2) is 29.8 Å². The Morgan fingerprint density at radius 2 is 2.05 bits per heavy atom. The molecule has 3 aromatic rings. The second kappa shape index (κ2) is 11.2. The van der Waals surface area contributed by atoms with E-state index in [1.807, 2.05) is 18.5 Å². The molecule has 0 radical (unpaired) electrons. The average Bonchev–Trinajstić information content (AvgIpc) is 3.65. The Hall–Kier alpha value is -2.11. The van der Waals surface area contributed by atoms with Gasteiger partial charge in [-0.15, -0.1) is 0 Å². The SMILES string of the molecule is CNC1Cc2cc(-c3ccsn3)c(CC3(O)CCN(C(=O)CC(C(F)F)n4ccc(Cl)n4)CC3)c(Cl)c2C1. The zero-order valence-corrected chi connectivity index (χ0v) is 23.2. The normalized spacial score (nSPS) is 19.7. The highest BCUT2D eigenvalue weighted by Crippen LogP contribution is 2.41. The first kappa shape index (κ1) is 27.5. The van der Waals surface area contributed by atoms with E-state index in [2.05, 4.69) is 20.9 Å². The van der Waals surface area contributed by atoms with Gasteiger partial charge in [-0.2, -0.15) is 9.47 Å². The fourth-order valence-electron chi connectivity index (χ4n) is 5.52. The minimum absolute atomic E-state index is 0.0925. The number of aliphatic hydroxyl groups is 1. The van der Waals surface area contributed by atoms with Crippen LogP contribution >= 0.6 is 34.7 Å². The molecular formula is C26H29Cl2F2N5O2S. The van der Waals surface area contributed by atoms with Crippen LogP contribution in [0.2, 0.25) is 10.2 Å². The molecule has 3 heterocycles. The van der Waals surface area contributed by atoms with E-state index in [9.17, 15) is 18.7 Å². The smallest absolute Gasteiger partial charge is 0.261 e. The van der Waals surface area contributed by atoms with Gasteiger partial charge in [-0.25, -0.2) is 8.78 Å². The number of likely N-dealkylation sites (tertiary alicyclic amines) is 1. The van der Waals surface area contributed by atoms with Crippen LogP contribution < -0.4 is 5.32 Å². The van der Waals surface area contributed by atoms with Gasteiger partial charge >= 0.3 is 0 Å². The lowest BCUT2D eigenvalue weighted by atomic mass is 9.82. The van der Waals surface area contributed by atoms with Gasteiger partial charge < -0.3 is 15.3 Å². The highest BCUT2D eigenvalue weighted by Gasteiger charge is 2.38. The van der Waals surface area contributed by atoms with Crippen LogP contribution in [0.25, 0.3) is 11.3 Å². The lowest BCUT2D eigenvalue weighted by Crippen LogP contribution is -2.48. The zero-order chi connectivity index (χ0) is 27.0. The average molecular weight is 585 g/mol. The van der Waals surface area contributed by atoms with E-state index >= 15 is 0 Å². The van der Waals surface area contributed by atoms with Gasteiger partial charge in [0.2, 0.25) is 5.91 Å². The number of halogens is 4. The van der Waals surface area contributed by atoms with Crippen LogP contribution in [0.4, 0.5) is 8.78 Å². The van der Waals surface area contributed by atoms with E-state index < -0.39 is 30.4 Å². The molecule has 7 nitrogen and oxygen atoms in total. The van der Waals surface area contributed by atoms with Crippen LogP contribution in [0, 0.1) is 0 Å². The molecule has 1 aliphatic carbocycles. The summed E-state index contributed by atoms with van der Waals surface area (Å²) in [6.07, 6.45) is 0.834. The summed E-state index contributed by atoms with van der Waals surface area (Å²) in [6.45, 7) is 0.531. The van der Waals surface area contributed by atoms with Gasteiger partial charge in [0.1, 0.15) is 6.04 Å². The number of nitrogens with one attached hydrogen (secondary N) is 1. The Morgan fingerprint density at radius 1 is 1.29 bits per heavy atom. The number of benzene rings is 1. The van der Waals surface area contributed by atoms with Crippen molar-refractivity contribution in [3.05, 3.63) is 56.6 Å². The molecule has 2 atom stereocenters. The molecule has 2 unspecified atom stereocenters.